The molecule has 6 heteroatoms. The largest absolute Gasteiger partial charge is 0.340 e. The number of imide groups is 1. The van der Waals surface area contributed by atoms with E-state index in [1.807, 2.05) is 30.3 Å². The minimum Gasteiger partial charge on any atom is -0.340 e. The molecule has 1 unspecified atom stereocenters. The fraction of sp³-hybridized carbons (Fsp3) is 0.188. The lowest BCUT2D eigenvalue weighted by Gasteiger charge is -2.21. The van der Waals surface area contributed by atoms with Crippen LogP contribution in [0.15, 0.2) is 41.8 Å². The van der Waals surface area contributed by atoms with E-state index in [4.69, 9.17) is 0 Å². The Morgan fingerprint density at radius 1 is 1.23 bits per heavy atom. The van der Waals surface area contributed by atoms with Gasteiger partial charge in [0.15, 0.2) is 0 Å². The summed E-state index contributed by atoms with van der Waals surface area (Å²) < 4.78 is 0. The summed E-state index contributed by atoms with van der Waals surface area (Å²) in [4.78, 5) is 36.0. The minimum absolute atomic E-state index is 0.246. The van der Waals surface area contributed by atoms with Gasteiger partial charge in [0.2, 0.25) is 11.8 Å². The molecule has 1 fully saturated rings. The Labute approximate surface area is 131 Å². The highest BCUT2D eigenvalue weighted by molar-refractivity contribution is 7.13. The molecule has 0 saturated carbocycles. The van der Waals surface area contributed by atoms with E-state index < -0.39 is 11.9 Å². The second kappa shape index (κ2) is 6.11. The second-order valence-corrected chi connectivity index (χ2v) is 5.95. The molecule has 2 N–H and O–H groups in total. The van der Waals surface area contributed by atoms with E-state index in [9.17, 15) is 14.4 Å². The van der Waals surface area contributed by atoms with Crippen LogP contribution in [-0.2, 0) is 9.59 Å². The lowest BCUT2D eigenvalue weighted by atomic mass is 10.1. The summed E-state index contributed by atoms with van der Waals surface area (Å²) in [5, 5.41) is 6.67. The molecule has 3 amide bonds. The summed E-state index contributed by atoms with van der Waals surface area (Å²) in [6.07, 6.45) is 0.585. The summed E-state index contributed by atoms with van der Waals surface area (Å²) in [5.41, 5.74) is 1.57. The highest BCUT2D eigenvalue weighted by atomic mass is 32.1. The number of carbonyl (C=O) groups is 3. The molecule has 2 heterocycles. The van der Waals surface area contributed by atoms with Gasteiger partial charge in [-0.05, 0) is 18.1 Å². The lowest BCUT2D eigenvalue weighted by Crippen LogP contribution is -2.52. The molecule has 3 rings (SSSR count). The summed E-state index contributed by atoms with van der Waals surface area (Å²) in [5.74, 6) is -1.03. The first-order chi connectivity index (χ1) is 10.6. The Balaban J connectivity index is 1.70. The summed E-state index contributed by atoms with van der Waals surface area (Å²) in [6, 6.07) is 10.9. The van der Waals surface area contributed by atoms with Gasteiger partial charge >= 0.3 is 0 Å². The Bertz CT molecular complexity index is 724. The third kappa shape index (κ3) is 3.07. The Morgan fingerprint density at radius 3 is 2.73 bits per heavy atom. The van der Waals surface area contributed by atoms with E-state index in [0.717, 1.165) is 10.4 Å². The number of piperidine rings is 1. The highest BCUT2D eigenvalue weighted by Crippen LogP contribution is 2.27. The van der Waals surface area contributed by atoms with E-state index in [1.54, 1.807) is 11.4 Å². The number of benzene rings is 1. The maximum atomic E-state index is 12.2. The molecule has 0 aliphatic carbocycles. The number of thiophene rings is 1. The van der Waals surface area contributed by atoms with Crippen molar-refractivity contribution in [2.24, 2.45) is 0 Å². The third-order valence-corrected chi connectivity index (χ3v) is 4.44. The van der Waals surface area contributed by atoms with Crippen molar-refractivity contribution >= 4 is 29.1 Å². The van der Waals surface area contributed by atoms with Gasteiger partial charge < -0.3 is 5.32 Å². The molecule has 1 atom stereocenters. The molecule has 1 aromatic carbocycles. The monoisotopic (exact) mass is 314 g/mol. The Morgan fingerprint density at radius 2 is 2.00 bits per heavy atom. The zero-order chi connectivity index (χ0) is 15.5. The molecule has 112 valence electrons. The van der Waals surface area contributed by atoms with E-state index in [1.165, 1.54) is 11.3 Å². The van der Waals surface area contributed by atoms with Crippen LogP contribution in [0.5, 0.6) is 0 Å². The van der Waals surface area contributed by atoms with Crippen LogP contribution in [0.3, 0.4) is 0 Å². The third-order valence-electron chi connectivity index (χ3n) is 3.46. The summed E-state index contributed by atoms with van der Waals surface area (Å²) in [7, 11) is 0. The van der Waals surface area contributed by atoms with E-state index in [0.29, 0.717) is 12.0 Å². The number of carbonyl (C=O) groups excluding carboxylic acids is 3. The molecule has 0 bridgehead atoms. The number of hydrogen-bond acceptors (Lipinski definition) is 4. The van der Waals surface area contributed by atoms with Gasteiger partial charge in [0.25, 0.3) is 5.91 Å². The zero-order valence-electron chi connectivity index (χ0n) is 11.7. The van der Waals surface area contributed by atoms with E-state index in [-0.39, 0.29) is 18.2 Å². The molecule has 22 heavy (non-hydrogen) atoms. The molecule has 1 aromatic heterocycles. The molecule has 1 saturated heterocycles. The first-order valence-corrected chi connectivity index (χ1v) is 7.80. The highest BCUT2D eigenvalue weighted by Gasteiger charge is 2.28. The molecule has 1 aliphatic heterocycles. The Hall–Kier alpha value is -2.47. The molecular formula is C16H14N2O3S. The van der Waals surface area contributed by atoms with Crippen LogP contribution in [0.4, 0.5) is 0 Å². The second-order valence-electron chi connectivity index (χ2n) is 5.04. The van der Waals surface area contributed by atoms with Crippen molar-refractivity contribution in [3.63, 3.8) is 0 Å². The summed E-state index contributed by atoms with van der Waals surface area (Å²) >= 11 is 1.48. The van der Waals surface area contributed by atoms with Gasteiger partial charge in [-0.25, -0.2) is 0 Å². The van der Waals surface area contributed by atoms with Crippen molar-refractivity contribution < 1.29 is 14.4 Å². The van der Waals surface area contributed by atoms with Gasteiger partial charge in [-0.3, -0.25) is 19.7 Å². The fourth-order valence-electron chi connectivity index (χ4n) is 2.28. The van der Waals surface area contributed by atoms with Crippen LogP contribution >= 0.6 is 11.3 Å². The van der Waals surface area contributed by atoms with Crippen molar-refractivity contribution in [3.8, 4) is 10.4 Å². The number of rotatable bonds is 3. The molecule has 5 nitrogen and oxygen atoms in total. The van der Waals surface area contributed by atoms with Crippen LogP contribution in [0.1, 0.15) is 23.2 Å². The predicted molar refractivity (Wildman–Crippen MR) is 83.4 cm³/mol. The predicted octanol–water partition coefficient (Wildman–Crippen LogP) is 1.95. The van der Waals surface area contributed by atoms with Crippen molar-refractivity contribution in [1.82, 2.24) is 10.6 Å². The fourth-order valence-corrected chi connectivity index (χ4v) is 3.18. The van der Waals surface area contributed by atoms with Gasteiger partial charge in [0.1, 0.15) is 6.04 Å². The quantitative estimate of drug-likeness (QED) is 0.850. The summed E-state index contributed by atoms with van der Waals surface area (Å²) in [6.45, 7) is 0. The van der Waals surface area contributed by atoms with Crippen LogP contribution in [0.2, 0.25) is 0 Å². The molecular weight excluding hydrogens is 300 g/mol. The maximum absolute atomic E-state index is 12.2. The average Bonchev–Trinajstić information content (AvgIpc) is 3.01. The maximum Gasteiger partial charge on any atom is 0.252 e. The van der Waals surface area contributed by atoms with Crippen molar-refractivity contribution in [2.45, 2.75) is 18.9 Å². The molecule has 1 aliphatic rings. The standard InChI is InChI=1S/C16H14N2O3S/c19-14-7-6-12(16(21)18-14)17-15(20)11-8-13(22-9-11)10-4-2-1-3-5-10/h1-5,8-9,12H,6-7H2,(H,17,20)(H,18,19,21). The van der Waals surface area contributed by atoms with Crippen LogP contribution in [0, 0.1) is 0 Å². The average molecular weight is 314 g/mol. The van der Waals surface area contributed by atoms with Gasteiger partial charge in [0, 0.05) is 16.7 Å². The topological polar surface area (TPSA) is 75.3 Å². The normalized spacial score (nSPS) is 17.9. The molecule has 0 spiro atoms. The Kier molecular flexibility index (Phi) is 4.02. The number of nitrogens with one attached hydrogen (secondary N) is 2. The van der Waals surface area contributed by atoms with Crippen LogP contribution in [0.25, 0.3) is 10.4 Å². The first kappa shape index (κ1) is 14.5. The lowest BCUT2D eigenvalue weighted by molar-refractivity contribution is -0.134. The number of amides is 3. The van der Waals surface area contributed by atoms with Gasteiger partial charge in [-0.15, -0.1) is 11.3 Å². The van der Waals surface area contributed by atoms with Gasteiger partial charge in [0.05, 0.1) is 5.56 Å². The molecule has 0 radical (unpaired) electrons. The zero-order valence-corrected chi connectivity index (χ0v) is 12.5. The van der Waals surface area contributed by atoms with Gasteiger partial charge in [-0.1, -0.05) is 30.3 Å². The number of hydrogen-bond donors (Lipinski definition) is 2. The van der Waals surface area contributed by atoms with Gasteiger partial charge in [-0.2, -0.15) is 0 Å². The SMILES string of the molecule is O=C1CCC(NC(=O)c2csc(-c3ccccc3)c2)C(=O)N1. The molecule has 2 aromatic rings. The van der Waals surface area contributed by atoms with Crippen molar-refractivity contribution in [1.29, 1.82) is 0 Å². The van der Waals surface area contributed by atoms with E-state index in [2.05, 4.69) is 10.6 Å². The van der Waals surface area contributed by atoms with Crippen molar-refractivity contribution in [3.05, 3.63) is 47.3 Å². The van der Waals surface area contributed by atoms with E-state index >= 15 is 0 Å². The smallest absolute Gasteiger partial charge is 0.252 e. The minimum atomic E-state index is -0.648. The van der Waals surface area contributed by atoms with Crippen molar-refractivity contribution in [2.75, 3.05) is 0 Å². The van der Waals surface area contributed by atoms with Crippen LogP contribution < -0.4 is 10.6 Å². The first-order valence-electron chi connectivity index (χ1n) is 6.92. The van der Waals surface area contributed by atoms with Crippen LogP contribution in [-0.4, -0.2) is 23.8 Å².